The highest BCUT2D eigenvalue weighted by atomic mass is 16.5. The minimum absolute atomic E-state index is 0.0553. The molecule has 104 valence electrons. The second-order valence-corrected chi connectivity index (χ2v) is 3.67. The molecular formula is C12H15NO6. The molecule has 1 atom stereocenters. The molecule has 0 aliphatic carbocycles. The minimum atomic E-state index is -1.32. The Morgan fingerprint density at radius 1 is 1.37 bits per heavy atom. The van der Waals surface area contributed by atoms with Crippen LogP contribution in [0.3, 0.4) is 0 Å². The number of carbonyl (C=O) groups is 2. The molecular weight excluding hydrogens is 254 g/mol. The third-order valence-electron chi connectivity index (χ3n) is 2.35. The molecule has 0 radical (unpaired) electrons. The summed E-state index contributed by atoms with van der Waals surface area (Å²) in [5, 5.41) is 29.9. The third-order valence-corrected chi connectivity index (χ3v) is 2.35. The average Bonchev–Trinajstić information content (AvgIpc) is 2.33. The Bertz CT molecular complexity index is 473. The highest BCUT2D eigenvalue weighted by Crippen LogP contribution is 2.33. The van der Waals surface area contributed by atoms with Crippen LogP contribution < -0.4 is 10.1 Å². The maximum atomic E-state index is 11.1. The topological polar surface area (TPSA) is 116 Å². The number of para-hydroxylation sites is 1. The van der Waals surface area contributed by atoms with E-state index in [-0.39, 0.29) is 17.1 Å². The third kappa shape index (κ3) is 3.85. The van der Waals surface area contributed by atoms with E-state index >= 15 is 0 Å². The molecule has 0 aliphatic rings. The van der Waals surface area contributed by atoms with Gasteiger partial charge in [-0.1, -0.05) is 12.1 Å². The van der Waals surface area contributed by atoms with Gasteiger partial charge in [-0.05, 0) is 13.0 Å². The summed E-state index contributed by atoms with van der Waals surface area (Å²) in [4.78, 5) is 21.6. The smallest absolute Gasteiger partial charge is 0.325 e. The molecule has 0 heterocycles. The lowest BCUT2D eigenvalue weighted by molar-refractivity contribution is -0.140. The van der Waals surface area contributed by atoms with Crippen LogP contribution in [0.4, 0.5) is 0 Å². The number of phenolic OH excluding ortho intramolecular Hbond substituents is 1. The van der Waals surface area contributed by atoms with E-state index in [0.29, 0.717) is 6.61 Å². The molecule has 7 nitrogen and oxygen atoms in total. The van der Waals surface area contributed by atoms with E-state index in [2.05, 4.69) is 5.32 Å². The Labute approximate surface area is 109 Å². The van der Waals surface area contributed by atoms with Gasteiger partial charge in [0.25, 0.3) is 0 Å². The van der Waals surface area contributed by atoms with Gasteiger partial charge in [-0.2, -0.15) is 0 Å². The van der Waals surface area contributed by atoms with Crippen molar-refractivity contribution in [2.45, 2.75) is 13.0 Å². The number of carboxylic acids is 2. The van der Waals surface area contributed by atoms with Crippen LogP contribution in [0, 0.1) is 0 Å². The van der Waals surface area contributed by atoms with E-state index in [4.69, 9.17) is 14.9 Å². The van der Waals surface area contributed by atoms with Crippen molar-refractivity contribution in [3.63, 3.8) is 0 Å². The number of hydrogen-bond acceptors (Lipinski definition) is 5. The lowest BCUT2D eigenvalue weighted by Crippen LogP contribution is -2.32. The second-order valence-electron chi connectivity index (χ2n) is 3.67. The molecule has 1 unspecified atom stereocenters. The summed E-state index contributed by atoms with van der Waals surface area (Å²) in [5.41, 5.74) is 0.0553. The van der Waals surface area contributed by atoms with E-state index in [0.717, 1.165) is 0 Å². The molecule has 4 N–H and O–H groups in total. The Hall–Kier alpha value is -2.28. The number of ether oxygens (including phenoxy) is 1. The summed E-state index contributed by atoms with van der Waals surface area (Å²) in [6.07, 6.45) is 0. The summed E-state index contributed by atoms with van der Waals surface area (Å²) in [6.45, 7) is 1.51. The first kappa shape index (κ1) is 14.8. The minimum Gasteiger partial charge on any atom is -0.504 e. The van der Waals surface area contributed by atoms with E-state index in [1.54, 1.807) is 6.92 Å². The van der Waals surface area contributed by atoms with Gasteiger partial charge in [0, 0.05) is 5.56 Å². The van der Waals surface area contributed by atoms with Crippen molar-refractivity contribution in [1.29, 1.82) is 0 Å². The Balaban J connectivity index is 3.05. The zero-order chi connectivity index (χ0) is 14.4. The van der Waals surface area contributed by atoms with Crippen molar-refractivity contribution in [3.8, 4) is 11.5 Å². The molecule has 0 aliphatic heterocycles. The Morgan fingerprint density at radius 3 is 2.58 bits per heavy atom. The molecule has 0 spiro atoms. The van der Waals surface area contributed by atoms with Crippen molar-refractivity contribution in [3.05, 3.63) is 23.8 Å². The zero-order valence-corrected chi connectivity index (χ0v) is 10.3. The van der Waals surface area contributed by atoms with Gasteiger partial charge in [-0.3, -0.25) is 14.9 Å². The summed E-state index contributed by atoms with van der Waals surface area (Å²) in [7, 11) is 0. The number of benzene rings is 1. The van der Waals surface area contributed by atoms with Crippen LogP contribution in [-0.4, -0.2) is 40.4 Å². The molecule has 1 rings (SSSR count). The van der Waals surface area contributed by atoms with Crippen LogP contribution in [0.25, 0.3) is 0 Å². The van der Waals surface area contributed by atoms with Gasteiger partial charge in [0.05, 0.1) is 13.2 Å². The predicted molar refractivity (Wildman–Crippen MR) is 65.3 cm³/mol. The van der Waals surface area contributed by atoms with E-state index < -0.39 is 24.5 Å². The first-order valence-electron chi connectivity index (χ1n) is 5.60. The van der Waals surface area contributed by atoms with Crippen LogP contribution in [0.1, 0.15) is 18.5 Å². The maximum absolute atomic E-state index is 11.1. The quantitative estimate of drug-likeness (QED) is 0.572. The van der Waals surface area contributed by atoms with E-state index in [1.807, 2.05) is 0 Å². The first-order chi connectivity index (χ1) is 8.97. The zero-order valence-electron chi connectivity index (χ0n) is 10.3. The molecule has 1 aromatic rings. The van der Waals surface area contributed by atoms with E-state index in [9.17, 15) is 14.7 Å². The lowest BCUT2D eigenvalue weighted by atomic mass is 10.1. The summed E-state index contributed by atoms with van der Waals surface area (Å²) >= 11 is 0. The molecule has 19 heavy (non-hydrogen) atoms. The first-order valence-corrected chi connectivity index (χ1v) is 5.60. The van der Waals surface area contributed by atoms with Gasteiger partial charge in [0.15, 0.2) is 11.5 Å². The normalized spacial score (nSPS) is 11.8. The maximum Gasteiger partial charge on any atom is 0.325 e. The number of rotatable bonds is 7. The largest absolute Gasteiger partial charge is 0.504 e. The average molecular weight is 269 g/mol. The molecule has 7 heteroatoms. The predicted octanol–water partition coefficient (Wildman–Crippen LogP) is 0.591. The van der Waals surface area contributed by atoms with Crippen molar-refractivity contribution < 1.29 is 29.6 Å². The fraction of sp³-hybridized carbons (Fsp3) is 0.333. The van der Waals surface area contributed by atoms with Gasteiger partial charge in [0.2, 0.25) is 0 Å². The highest BCUT2D eigenvalue weighted by molar-refractivity contribution is 5.78. The standard InChI is InChI=1S/C12H15NO6/c1-2-19-8-5-3-4-7(11(8)16)10(12(17)18)13-6-9(14)15/h3-5,10,13,16H,2,6H2,1H3,(H,14,15)(H,17,18). The van der Waals surface area contributed by atoms with Crippen LogP contribution in [0.2, 0.25) is 0 Å². The van der Waals surface area contributed by atoms with Gasteiger partial charge >= 0.3 is 11.9 Å². The Morgan fingerprint density at radius 2 is 2.05 bits per heavy atom. The molecule has 0 amide bonds. The monoisotopic (exact) mass is 269 g/mol. The van der Waals surface area contributed by atoms with Gasteiger partial charge in [-0.15, -0.1) is 0 Å². The van der Waals surface area contributed by atoms with Crippen molar-refractivity contribution in [1.82, 2.24) is 5.32 Å². The lowest BCUT2D eigenvalue weighted by Gasteiger charge is -2.16. The highest BCUT2D eigenvalue weighted by Gasteiger charge is 2.24. The molecule has 0 bridgehead atoms. The van der Waals surface area contributed by atoms with Crippen LogP contribution in [-0.2, 0) is 9.59 Å². The van der Waals surface area contributed by atoms with Crippen molar-refractivity contribution in [2.24, 2.45) is 0 Å². The van der Waals surface area contributed by atoms with Crippen molar-refractivity contribution in [2.75, 3.05) is 13.2 Å². The fourth-order valence-electron chi connectivity index (χ4n) is 1.56. The molecule has 1 aromatic carbocycles. The fourth-order valence-corrected chi connectivity index (χ4v) is 1.56. The molecule has 0 aromatic heterocycles. The summed E-state index contributed by atoms with van der Waals surface area (Å²) < 4.78 is 5.15. The number of aromatic hydroxyl groups is 1. The van der Waals surface area contributed by atoms with Gasteiger partial charge in [0.1, 0.15) is 6.04 Å². The van der Waals surface area contributed by atoms with Gasteiger partial charge < -0.3 is 20.1 Å². The van der Waals surface area contributed by atoms with Crippen LogP contribution in [0.15, 0.2) is 18.2 Å². The molecule has 0 fully saturated rings. The summed E-state index contributed by atoms with van der Waals surface area (Å²) in [6, 6.07) is 3.10. The molecule has 0 saturated carbocycles. The number of carboxylic acid groups (broad SMARTS) is 2. The molecule has 0 saturated heterocycles. The Kier molecular flexibility index (Phi) is 5.13. The van der Waals surface area contributed by atoms with E-state index in [1.165, 1.54) is 18.2 Å². The van der Waals surface area contributed by atoms with Crippen LogP contribution in [0.5, 0.6) is 11.5 Å². The number of hydrogen-bond donors (Lipinski definition) is 4. The number of nitrogens with one attached hydrogen (secondary N) is 1. The number of phenols is 1. The number of aliphatic carboxylic acids is 2. The summed E-state index contributed by atoms with van der Waals surface area (Å²) in [5.74, 6) is -2.63. The van der Waals surface area contributed by atoms with Gasteiger partial charge in [-0.25, -0.2) is 0 Å². The van der Waals surface area contributed by atoms with Crippen molar-refractivity contribution >= 4 is 11.9 Å². The SMILES string of the molecule is CCOc1cccc(C(NCC(=O)O)C(=O)O)c1O. The van der Waals surface area contributed by atoms with Crippen LogP contribution >= 0.6 is 0 Å². The second kappa shape index (κ2) is 6.60.